The molecule has 1 aromatic rings. The second-order valence-corrected chi connectivity index (χ2v) is 7.78. The molecule has 0 aliphatic carbocycles. The lowest BCUT2D eigenvalue weighted by molar-refractivity contribution is -0.148. The minimum Gasteiger partial charge on any atom is -0.481 e. The first-order valence-corrected chi connectivity index (χ1v) is 9.26. The Balaban J connectivity index is 2.06. The standard InChI is InChI=1S/C20H27F2NO5/c1-20(2,11-14-5-3-4-6-17(14)28-19(21)22)12-15(18(25)26)16(24)13-23-7-9-27-10-8-23/h3-6,15,19H,7-13H2,1-2H3,(H,25,26)/t15-/m1/s1. The van der Waals surface area contributed by atoms with Crippen LogP contribution < -0.4 is 4.74 Å². The van der Waals surface area contributed by atoms with Gasteiger partial charge in [-0.25, -0.2) is 0 Å². The highest BCUT2D eigenvalue weighted by molar-refractivity contribution is 5.99. The molecule has 1 aliphatic rings. The molecule has 0 radical (unpaired) electrons. The lowest BCUT2D eigenvalue weighted by Gasteiger charge is -2.30. The van der Waals surface area contributed by atoms with Gasteiger partial charge in [-0.2, -0.15) is 8.78 Å². The van der Waals surface area contributed by atoms with E-state index in [0.717, 1.165) is 0 Å². The number of benzene rings is 1. The average molecular weight is 399 g/mol. The van der Waals surface area contributed by atoms with E-state index in [2.05, 4.69) is 4.74 Å². The van der Waals surface area contributed by atoms with Crippen LogP contribution in [-0.2, 0) is 20.7 Å². The van der Waals surface area contributed by atoms with Crippen molar-refractivity contribution in [3.05, 3.63) is 29.8 Å². The summed E-state index contributed by atoms with van der Waals surface area (Å²) in [6.07, 6.45) is 0.416. The van der Waals surface area contributed by atoms with Crippen molar-refractivity contribution >= 4 is 11.8 Å². The van der Waals surface area contributed by atoms with E-state index >= 15 is 0 Å². The number of alkyl halides is 2. The highest BCUT2D eigenvalue weighted by Gasteiger charge is 2.34. The molecule has 2 rings (SSSR count). The van der Waals surface area contributed by atoms with E-state index in [-0.39, 0.29) is 24.5 Å². The maximum absolute atomic E-state index is 12.6. The highest BCUT2D eigenvalue weighted by atomic mass is 19.3. The number of rotatable bonds is 10. The van der Waals surface area contributed by atoms with E-state index in [4.69, 9.17) is 4.74 Å². The molecule has 0 bridgehead atoms. The van der Waals surface area contributed by atoms with Gasteiger partial charge >= 0.3 is 12.6 Å². The molecule has 1 fully saturated rings. The molecule has 1 heterocycles. The number of hydrogen-bond donors (Lipinski definition) is 1. The molecule has 1 aromatic carbocycles. The van der Waals surface area contributed by atoms with E-state index in [1.54, 1.807) is 18.2 Å². The molecule has 0 spiro atoms. The van der Waals surface area contributed by atoms with E-state index in [1.807, 2.05) is 18.7 Å². The van der Waals surface area contributed by atoms with Crippen molar-refractivity contribution in [3.63, 3.8) is 0 Å². The minimum absolute atomic E-state index is 0.0668. The fourth-order valence-electron chi connectivity index (χ4n) is 3.43. The minimum atomic E-state index is -2.94. The maximum atomic E-state index is 12.6. The van der Waals surface area contributed by atoms with Crippen molar-refractivity contribution in [1.82, 2.24) is 4.90 Å². The fraction of sp³-hybridized carbons (Fsp3) is 0.600. The summed E-state index contributed by atoms with van der Waals surface area (Å²) in [7, 11) is 0. The van der Waals surface area contributed by atoms with Gasteiger partial charge in [0, 0.05) is 13.1 Å². The van der Waals surface area contributed by atoms with E-state index in [1.165, 1.54) is 6.07 Å². The van der Waals surface area contributed by atoms with E-state index < -0.39 is 23.9 Å². The van der Waals surface area contributed by atoms with Crippen LogP contribution in [0.3, 0.4) is 0 Å². The number of nitrogens with zero attached hydrogens (tertiary/aromatic N) is 1. The smallest absolute Gasteiger partial charge is 0.387 e. The van der Waals surface area contributed by atoms with Crippen molar-refractivity contribution in [2.45, 2.75) is 33.3 Å². The summed E-state index contributed by atoms with van der Waals surface area (Å²) >= 11 is 0. The number of carboxylic acids is 1. The molecule has 0 aromatic heterocycles. The summed E-state index contributed by atoms with van der Waals surface area (Å²) in [5, 5.41) is 9.59. The van der Waals surface area contributed by atoms with Crippen molar-refractivity contribution in [2.75, 3.05) is 32.8 Å². The molecule has 0 unspecified atom stereocenters. The Bertz CT molecular complexity index is 674. The third-order valence-electron chi connectivity index (χ3n) is 4.78. The number of morpholine rings is 1. The van der Waals surface area contributed by atoms with Gasteiger partial charge < -0.3 is 14.6 Å². The van der Waals surface area contributed by atoms with Gasteiger partial charge in [0.15, 0.2) is 5.78 Å². The van der Waals surface area contributed by atoms with Gasteiger partial charge in [-0.15, -0.1) is 0 Å². The van der Waals surface area contributed by atoms with Crippen LogP contribution in [0.2, 0.25) is 0 Å². The van der Waals surface area contributed by atoms with Gasteiger partial charge in [0.2, 0.25) is 0 Å². The molecule has 1 N–H and O–H groups in total. The number of halogens is 2. The van der Waals surface area contributed by atoms with Crippen LogP contribution in [0.4, 0.5) is 8.78 Å². The van der Waals surface area contributed by atoms with E-state index in [0.29, 0.717) is 38.3 Å². The normalized spacial score (nSPS) is 16.8. The third kappa shape index (κ3) is 6.83. The van der Waals surface area contributed by atoms with Crippen LogP contribution in [0, 0.1) is 11.3 Å². The molecular formula is C20H27F2NO5. The zero-order valence-corrected chi connectivity index (χ0v) is 16.2. The Hall–Kier alpha value is -2.06. The number of Topliss-reactive ketones (excluding diaryl/α,β-unsaturated/α-hetero) is 1. The average Bonchev–Trinajstić information content (AvgIpc) is 2.61. The monoisotopic (exact) mass is 399 g/mol. The number of ether oxygens (including phenoxy) is 2. The van der Waals surface area contributed by atoms with Gasteiger partial charge in [0.05, 0.1) is 19.8 Å². The molecule has 1 saturated heterocycles. The number of carbonyl (C=O) groups is 2. The molecule has 1 atom stereocenters. The Kier molecular flexibility index (Phi) is 7.88. The number of carbonyl (C=O) groups excluding carboxylic acids is 1. The number of aliphatic carboxylic acids is 1. The third-order valence-corrected chi connectivity index (χ3v) is 4.78. The van der Waals surface area contributed by atoms with Crippen molar-refractivity contribution in [1.29, 1.82) is 0 Å². The largest absolute Gasteiger partial charge is 0.481 e. The van der Waals surface area contributed by atoms with Crippen molar-refractivity contribution < 1.29 is 33.0 Å². The quantitative estimate of drug-likeness (QED) is 0.610. The zero-order valence-electron chi connectivity index (χ0n) is 16.2. The van der Waals surface area contributed by atoms with Crippen LogP contribution in [-0.4, -0.2) is 61.2 Å². The molecular weight excluding hydrogens is 372 g/mol. The summed E-state index contributed by atoms with van der Waals surface area (Å²) < 4.78 is 35.0. The summed E-state index contributed by atoms with van der Waals surface area (Å²) in [6.45, 7) is 3.02. The zero-order chi connectivity index (χ0) is 20.7. The molecule has 156 valence electrons. The summed E-state index contributed by atoms with van der Waals surface area (Å²) in [6, 6.07) is 6.43. The first-order chi connectivity index (χ1) is 13.2. The maximum Gasteiger partial charge on any atom is 0.387 e. The van der Waals surface area contributed by atoms with E-state index in [9.17, 15) is 23.5 Å². The molecule has 8 heteroatoms. The topological polar surface area (TPSA) is 76.1 Å². The Morgan fingerprint density at radius 3 is 2.50 bits per heavy atom. The first kappa shape index (κ1) is 22.2. The lowest BCUT2D eigenvalue weighted by Crippen LogP contribution is -2.43. The van der Waals surface area contributed by atoms with Crippen LogP contribution in [0.25, 0.3) is 0 Å². The van der Waals surface area contributed by atoms with Gasteiger partial charge in [-0.3, -0.25) is 14.5 Å². The molecule has 1 aliphatic heterocycles. The lowest BCUT2D eigenvalue weighted by atomic mass is 9.76. The highest BCUT2D eigenvalue weighted by Crippen LogP contribution is 2.34. The van der Waals surface area contributed by atoms with Crippen molar-refractivity contribution in [2.24, 2.45) is 11.3 Å². The van der Waals surface area contributed by atoms with Gasteiger partial charge in [-0.05, 0) is 29.9 Å². The SMILES string of the molecule is CC(C)(Cc1ccccc1OC(F)F)C[C@@H](C(=O)O)C(=O)CN1CCOCC1. The van der Waals surface area contributed by atoms with Gasteiger partial charge in [0.25, 0.3) is 0 Å². The number of hydrogen-bond acceptors (Lipinski definition) is 5. The molecule has 0 saturated carbocycles. The van der Waals surface area contributed by atoms with Crippen molar-refractivity contribution in [3.8, 4) is 5.75 Å². The number of para-hydroxylation sites is 1. The van der Waals surface area contributed by atoms with Gasteiger partial charge in [-0.1, -0.05) is 32.0 Å². The molecule has 28 heavy (non-hydrogen) atoms. The Labute approximate surface area is 163 Å². The Morgan fingerprint density at radius 1 is 1.25 bits per heavy atom. The second-order valence-electron chi connectivity index (χ2n) is 7.78. The van der Waals surface area contributed by atoms with Crippen LogP contribution >= 0.6 is 0 Å². The molecule has 0 amide bonds. The van der Waals surface area contributed by atoms with Crippen LogP contribution in [0.5, 0.6) is 5.75 Å². The van der Waals surface area contributed by atoms with Crippen LogP contribution in [0.1, 0.15) is 25.8 Å². The predicted molar refractivity (Wildman–Crippen MR) is 98.6 cm³/mol. The second kappa shape index (κ2) is 9.93. The predicted octanol–water partition coefficient (Wildman–Crippen LogP) is 2.85. The fourth-order valence-corrected chi connectivity index (χ4v) is 3.43. The number of carboxylic acid groups (broad SMARTS) is 1. The first-order valence-electron chi connectivity index (χ1n) is 9.26. The summed E-state index contributed by atoms with van der Waals surface area (Å²) in [5.74, 6) is -2.60. The summed E-state index contributed by atoms with van der Waals surface area (Å²) in [5.41, 5.74) is -0.0525. The van der Waals surface area contributed by atoms with Crippen LogP contribution in [0.15, 0.2) is 24.3 Å². The van der Waals surface area contributed by atoms with Gasteiger partial charge in [0.1, 0.15) is 11.7 Å². The molecule has 6 nitrogen and oxygen atoms in total. The number of ketones is 1. The summed E-state index contributed by atoms with van der Waals surface area (Å²) in [4.78, 5) is 26.2. The Morgan fingerprint density at radius 2 is 1.89 bits per heavy atom.